The van der Waals surface area contributed by atoms with Gasteiger partial charge in [0.1, 0.15) is 17.1 Å². The van der Waals surface area contributed by atoms with Crippen LogP contribution in [0.1, 0.15) is 48.6 Å². The van der Waals surface area contributed by atoms with Crippen LogP contribution in [0.25, 0.3) is 0 Å². The third kappa shape index (κ3) is 2.41. The lowest BCUT2D eigenvalue weighted by atomic mass is 9.64. The van der Waals surface area contributed by atoms with Crippen molar-refractivity contribution in [1.82, 2.24) is 0 Å². The molecule has 3 rings (SSSR count). The lowest BCUT2D eigenvalue weighted by Crippen LogP contribution is -2.53. The van der Waals surface area contributed by atoms with Crippen molar-refractivity contribution in [3.05, 3.63) is 58.1 Å². The number of rotatable bonds is 1. The van der Waals surface area contributed by atoms with E-state index in [1.165, 1.54) is 16.7 Å². The van der Waals surface area contributed by atoms with E-state index in [4.69, 9.17) is 4.74 Å². The smallest absolute Gasteiger partial charge is 0.123 e. The van der Waals surface area contributed by atoms with E-state index in [2.05, 4.69) is 58.0 Å². The minimum atomic E-state index is -0.328. The Morgan fingerprint density at radius 2 is 1.57 bits per heavy atom. The highest BCUT2D eigenvalue weighted by Gasteiger charge is 2.48. The molecule has 0 spiro atoms. The quantitative estimate of drug-likeness (QED) is 0.804. The number of benzene rings is 2. The van der Waals surface area contributed by atoms with Gasteiger partial charge in [0, 0.05) is 5.41 Å². The molecule has 2 nitrogen and oxygen atoms in total. The third-order valence-corrected chi connectivity index (χ3v) is 5.58. The molecule has 0 bridgehead atoms. The van der Waals surface area contributed by atoms with Gasteiger partial charge in [-0.3, -0.25) is 0 Å². The molecule has 0 aliphatic carbocycles. The van der Waals surface area contributed by atoms with Crippen LogP contribution in [0.2, 0.25) is 0 Å². The van der Waals surface area contributed by atoms with Gasteiger partial charge in [0.25, 0.3) is 0 Å². The summed E-state index contributed by atoms with van der Waals surface area (Å²) in [5.74, 6) is 1.38. The Bertz CT molecular complexity index is 750. The van der Waals surface area contributed by atoms with Gasteiger partial charge in [-0.05, 0) is 69.4 Å². The van der Waals surface area contributed by atoms with Crippen LogP contribution in [-0.2, 0) is 11.8 Å². The molecule has 1 unspecified atom stereocenters. The Morgan fingerprint density at radius 3 is 2.17 bits per heavy atom. The maximum Gasteiger partial charge on any atom is 0.123 e. The first-order chi connectivity index (χ1) is 10.6. The van der Waals surface area contributed by atoms with Gasteiger partial charge in [-0.2, -0.15) is 0 Å². The zero-order valence-corrected chi connectivity index (χ0v) is 14.9. The fraction of sp³-hybridized carbons (Fsp3) is 0.429. The van der Waals surface area contributed by atoms with Crippen molar-refractivity contribution in [3.8, 4) is 11.5 Å². The SMILES string of the molecule is Cc1ccc2c(c1)CC(C)(c1cc(C)c(O)c(C)c1)C(C)(C)O2. The van der Waals surface area contributed by atoms with E-state index in [9.17, 15) is 5.11 Å². The molecule has 1 aliphatic rings. The Balaban J connectivity index is 2.16. The number of fused-ring (bicyclic) bond motifs is 1. The summed E-state index contributed by atoms with van der Waals surface area (Å²) in [6.45, 7) is 12.6. The van der Waals surface area contributed by atoms with E-state index in [0.717, 1.165) is 23.3 Å². The van der Waals surface area contributed by atoms with Gasteiger partial charge in [0.15, 0.2) is 0 Å². The van der Waals surface area contributed by atoms with Crippen molar-refractivity contribution in [3.63, 3.8) is 0 Å². The van der Waals surface area contributed by atoms with Crippen molar-refractivity contribution >= 4 is 0 Å². The zero-order valence-electron chi connectivity index (χ0n) is 14.9. The Hall–Kier alpha value is -1.96. The summed E-state index contributed by atoms with van der Waals surface area (Å²) in [5, 5.41) is 10.1. The van der Waals surface area contributed by atoms with Crippen molar-refractivity contribution in [2.45, 2.75) is 59.0 Å². The largest absolute Gasteiger partial charge is 0.507 e. The molecule has 0 radical (unpaired) electrons. The molecule has 1 heterocycles. The van der Waals surface area contributed by atoms with Crippen molar-refractivity contribution in [1.29, 1.82) is 0 Å². The third-order valence-electron chi connectivity index (χ3n) is 5.58. The van der Waals surface area contributed by atoms with Crippen LogP contribution in [0.15, 0.2) is 30.3 Å². The molecule has 122 valence electrons. The Labute approximate surface area is 139 Å². The fourth-order valence-electron chi connectivity index (χ4n) is 3.65. The minimum absolute atomic E-state index is 0.156. The van der Waals surface area contributed by atoms with Crippen LogP contribution in [0.3, 0.4) is 0 Å². The molecule has 2 aromatic rings. The molecule has 2 aromatic carbocycles. The molecule has 23 heavy (non-hydrogen) atoms. The van der Waals surface area contributed by atoms with Crippen LogP contribution < -0.4 is 4.74 Å². The molecule has 0 aromatic heterocycles. The van der Waals surface area contributed by atoms with Gasteiger partial charge in [0.05, 0.1) is 0 Å². The summed E-state index contributed by atoms with van der Waals surface area (Å²) in [4.78, 5) is 0. The molecular formula is C21H26O2. The first kappa shape index (κ1) is 15.9. The summed E-state index contributed by atoms with van der Waals surface area (Å²) >= 11 is 0. The molecule has 0 fully saturated rings. The molecule has 0 amide bonds. The van der Waals surface area contributed by atoms with Gasteiger partial charge < -0.3 is 9.84 Å². The van der Waals surface area contributed by atoms with Crippen LogP contribution in [0.5, 0.6) is 11.5 Å². The predicted molar refractivity (Wildman–Crippen MR) is 94.5 cm³/mol. The van der Waals surface area contributed by atoms with Gasteiger partial charge in [0.2, 0.25) is 0 Å². The van der Waals surface area contributed by atoms with Crippen molar-refractivity contribution in [2.75, 3.05) is 0 Å². The zero-order chi connectivity index (χ0) is 17.0. The van der Waals surface area contributed by atoms with Crippen molar-refractivity contribution < 1.29 is 9.84 Å². The van der Waals surface area contributed by atoms with E-state index in [-0.39, 0.29) is 11.0 Å². The van der Waals surface area contributed by atoms with Crippen LogP contribution >= 0.6 is 0 Å². The number of aryl methyl sites for hydroxylation is 3. The molecule has 1 atom stereocenters. The highest BCUT2D eigenvalue weighted by molar-refractivity contribution is 5.49. The van der Waals surface area contributed by atoms with E-state index in [0.29, 0.717) is 5.75 Å². The standard InChI is InChI=1S/C21H26O2/c1-13-7-8-18-16(9-13)12-21(6,20(4,5)23-18)17-10-14(2)19(22)15(3)11-17/h7-11,22H,12H2,1-6H3. The van der Waals surface area contributed by atoms with E-state index >= 15 is 0 Å². The van der Waals surface area contributed by atoms with E-state index < -0.39 is 0 Å². The predicted octanol–water partition coefficient (Wildman–Crippen LogP) is 4.99. The number of phenolic OH excluding ortho intramolecular Hbond substituents is 1. The van der Waals surface area contributed by atoms with E-state index in [1.54, 1.807) is 0 Å². The monoisotopic (exact) mass is 310 g/mol. The number of ether oxygens (including phenoxy) is 1. The maximum absolute atomic E-state index is 10.1. The van der Waals surface area contributed by atoms with Crippen LogP contribution in [-0.4, -0.2) is 10.7 Å². The molecule has 1 aliphatic heterocycles. The van der Waals surface area contributed by atoms with Crippen LogP contribution in [0.4, 0.5) is 0 Å². The molecule has 2 heteroatoms. The normalized spacial score (nSPS) is 22.3. The van der Waals surface area contributed by atoms with Gasteiger partial charge in [-0.25, -0.2) is 0 Å². The number of hydrogen-bond donors (Lipinski definition) is 1. The summed E-state index contributed by atoms with van der Waals surface area (Å²) in [6.07, 6.45) is 0.931. The lowest BCUT2D eigenvalue weighted by molar-refractivity contribution is 0.00972. The Morgan fingerprint density at radius 1 is 0.957 bits per heavy atom. The Kier molecular flexibility index (Phi) is 3.47. The second kappa shape index (κ2) is 5.02. The summed E-state index contributed by atoms with van der Waals surface area (Å²) < 4.78 is 6.39. The molecular weight excluding hydrogens is 284 g/mol. The number of aromatic hydroxyl groups is 1. The van der Waals surface area contributed by atoms with Gasteiger partial charge in [-0.15, -0.1) is 0 Å². The number of phenols is 1. The average molecular weight is 310 g/mol. The van der Waals surface area contributed by atoms with Crippen LogP contribution in [0, 0.1) is 20.8 Å². The second-order valence-electron chi connectivity index (χ2n) is 7.69. The number of hydrogen-bond acceptors (Lipinski definition) is 2. The second-order valence-corrected chi connectivity index (χ2v) is 7.69. The average Bonchev–Trinajstić information content (AvgIpc) is 2.45. The van der Waals surface area contributed by atoms with Crippen molar-refractivity contribution in [2.24, 2.45) is 0 Å². The highest BCUT2D eigenvalue weighted by atomic mass is 16.5. The first-order valence-electron chi connectivity index (χ1n) is 8.23. The van der Waals surface area contributed by atoms with Gasteiger partial charge >= 0.3 is 0 Å². The minimum Gasteiger partial charge on any atom is -0.507 e. The molecule has 1 N–H and O–H groups in total. The fourth-order valence-corrected chi connectivity index (χ4v) is 3.65. The first-order valence-corrected chi connectivity index (χ1v) is 8.23. The summed E-state index contributed by atoms with van der Waals surface area (Å²) in [5.41, 5.74) is 5.10. The topological polar surface area (TPSA) is 29.5 Å². The maximum atomic E-state index is 10.1. The van der Waals surface area contributed by atoms with Gasteiger partial charge in [-0.1, -0.05) is 36.8 Å². The highest BCUT2D eigenvalue weighted by Crippen LogP contribution is 2.48. The lowest BCUT2D eigenvalue weighted by Gasteiger charge is -2.49. The molecule has 0 saturated heterocycles. The summed E-state index contributed by atoms with van der Waals surface area (Å²) in [6, 6.07) is 10.6. The molecule has 0 saturated carbocycles. The van der Waals surface area contributed by atoms with E-state index in [1.807, 2.05) is 13.8 Å². The summed E-state index contributed by atoms with van der Waals surface area (Å²) in [7, 11) is 0.